The van der Waals surface area contributed by atoms with Crippen LogP contribution < -0.4 is 10.6 Å². The van der Waals surface area contributed by atoms with Crippen molar-refractivity contribution in [3.8, 4) is 0 Å². The van der Waals surface area contributed by atoms with Gasteiger partial charge in [-0.1, -0.05) is 23.8 Å². The smallest absolute Gasteiger partial charge is 0.309 e. The molecule has 0 unspecified atom stereocenters. The summed E-state index contributed by atoms with van der Waals surface area (Å²) in [6, 6.07) is 7.14. The van der Waals surface area contributed by atoms with Crippen LogP contribution in [0.15, 0.2) is 41.6 Å². The predicted octanol–water partition coefficient (Wildman–Crippen LogP) is 0.786. The van der Waals surface area contributed by atoms with Crippen molar-refractivity contribution >= 4 is 21.8 Å². The van der Waals surface area contributed by atoms with E-state index in [1.54, 1.807) is 38.4 Å². The average molecular weight is 447 g/mol. The fraction of sp³-hybridized carbons (Fsp3) is 0.381. The molecule has 31 heavy (non-hydrogen) atoms. The number of carbonyl (C=O) groups is 2. The molecule has 3 rings (SSSR count). The van der Waals surface area contributed by atoms with Gasteiger partial charge in [0.25, 0.3) is 0 Å². The number of nitrogens with one attached hydrogen (secondary N) is 2. The zero-order chi connectivity index (χ0) is 22.6. The summed E-state index contributed by atoms with van der Waals surface area (Å²) in [5.74, 6) is -1.68. The first kappa shape index (κ1) is 22.9. The van der Waals surface area contributed by atoms with E-state index in [9.17, 15) is 18.0 Å². The highest BCUT2D eigenvalue weighted by molar-refractivity contribution is 7.89. The van der Waals surface area contributed by atoms with E-state index in [1.165, 1.54) is 4.31 Å². The van der Waals surface area contributed by atoms with E-state index in [1.807, 2.05) is 19.1 Å². The molecule has 1 aliphatic rings. The van der Waals surface area contributed by atoms with E-state index in [-0.39, 0.29) is 31.1 Å². The predicted molar refractivity (Wildman–Crippen MR) is 113 cm³/mol. The molecule has 1 aliphatic heterocycles. The van der Waals surface area contributed by atoms with Gasteiger partial charge in [0.2, 0.25) is 10.0 Å². The average Bonchev–Trinajstić information content (AvgIpc) is 3.19. The molecule has 0 bridgehead atoms. The molecule has 0 saturated carbocycles. The molecule has 1 aromatic heterocycles. The third kappa shape index (κ3) is 5.27. The monoisotopic (exact) mass is 446 g/mol. The fourth-order valence-corrected chi connectivity index (χ4v) is 5.58. The molecule has 0 aliphatic carbocycles. The number of ether oxygens (including phenoxy) is 1. The Hall–Kier alpha value is -2.82. The Morgan fingerprint density at radius 2 is 1.84 bits per heavy atom. The first-order valence-electron chi connectivity index (χ1n) is 9.86. The Balaban J connectivity index is 1.63. The molecule has 2 heterocycles. The Morgan fingerprint density at radius 3 is 2.48 bits per heavy atom. The lowest BCUT2D eigenvalue weighted by Crippen LogP contribution is -2.47. The molecule has 1 saturated heterocycles. The number of hydrogen-bond acceptors (Lipinski definition) is 6. The Bertz CT molecular complexity index is 1050. The lowest BCUT2D eigenvalue weighted by molar-refractivity contribution is -0.139. The van der Waals surface area contributed by atoms with Crippen molar-refractivity contribution in [1.29, 1.82) is 0 Å². The normalized spacial score (nSPS) is 16.8. The Morgan fingerprint density at radius 1 is 1.16 bits per heavy atom. The van der Waals surface area contributed by atoms with E-state index < -0.39 is 28.1 Å². The van der Waals surface area contributed by atoms with Crippen LogP contribution in [0, 0.1) is 20.8 Å². The zero-order valence-electron chi connectivity index (χ0n) is 17.7. The summed E-state index contributed by atoms with van der Waals surface area (Å²) in [5, 5.41) is 4.95. The van der Waals surface area contributed by atoms with Crippen LogP contribution in [0.5, 0.6) is 0 Å². The van der Waals surface area contributed by atoms with Crippen LogP contribution in [0.2, 0.25) is 0 Å². The van der Waals surface area contributed by atoms with Gasteiger partial charge >= 0.3 is 11.8 Å². The molecule has 166 valence electrons. The Kier molecular flexibility index (Phi) is 7.04. The molecule has 1 aromatic carbocycles. The van der Waals surface area contributed by atoms with E-state index in [2.05, 4.69) is 15.6 Å². The maximum atomic E-state index is 13.3. The molecule has 1 atom stereocenters. The van der Waals surface area contributed by atoms with Crippen molar-refractivity contribution in [2.24, 2.45) is 0 Å². The molecule has 0 spiro atoms. The van der Waals surface area contributed by atoms with Crippen LogP contribution in [0.25, 0.3) is 0 Å². The van der Waals surface area contributed by atoms with E-state index in [4.69, 9.17) is 4.74 Å². The van der Waals surface area contributed by atoms with E-state index >= 15 is 0 Å². The Labute approximate surface area is 181 Å². The van der Waals surface area contributed by atoms with Gasteiger partial charge in [-0.3, -0.25) is 14.6 Å². The van der Waals surface area contributed by atoms with Gasteiger partial charge in [0, 0.05) is 25.5 Å². The van der Waals surface area contributed by atoms with Crippen LogP contribution in [0.4, 0.5) is 0 Å². The minimum Gasteiger partial charge on any atom is -0.359 e. The van der Waals surface area contributed by atoms with E-state index in [0.29, 0.717) is 11.1 Å². The van der Waals surface area contributed by atoms with Crippen molar-refractivity contribution in [3.63, 3.8) is 0 Å². The summed E-state index contributed by atoms with van der Waals surface area (Å²) in [6.45, 7) is 5.82. The lowest BCUT2D eigenvalue weighted by atomic mass is 10.1. The maximum Gasteiger partial charge on any atom is 0.309 e. The second-order valence-electron chi connectivity index (χ2n) is 7.42. The number of amides is 2. The number of carbonyl (C=O) groups excluding carboxylic acids is 2. The molecule has 2 N–H and O–H groups in total. The fourth-order valence-electron chi connectivity index (χ4n) is 3.66. The molecule has 9 nitrogen and oxygen atoms in total. The van der Waals surface area contributed by atoms with Gasteiger partial charge in [-0.15, -0.1) is 0 Å². The number of sulfonamides is 1. The minimum absolute atomic E-state index is 0.137. The SMILES string of the molecule is Cc1cc(C)c(S(=O)(=O)N2CCO[C@H]2CNC(=O)C(=O)NCc2cccnc2)c(C)c1. The summed E-state index contributed by atoms with van der Waals surface area (Å²) in [4.78, 5) is 28.3. The van der Waals surface area contributed by atoms with Crippen LogP contribution in [0.1, 0.15) is 22.3 Å². The number of pyridine rings is 1. The summed E-state index contributed by atoms with van der Waals surface area (Å²) in [5.41, 5.74) is 3.04. The molecular formula is C21H26N4O5S. The summed E-state index contributed by atoms with van der Waals surface area (Å²) >= 11 is 0. The summed E-state index contributed by atoms with van der Waals surface area (Å²) in [7, 11) is -3.83. The van der Waals surface area contributed by atoms with Crippen molar-refractivity contribution in [3.05, 3.63) is 58.9 Å². The second kappa shape index (κ2) is 9.54. The van der Waals surface area contributed by atoms with Gasteiger partial charge in [0.15, 0.2) is 0 Å². The third-order valence-corrected chi connectivity index (χ3v) is 7.13. The van der Waals surface area contributed by atoms with Crippen molar-refractivity contribution in [1.82, 2.24) is 19.9 Å². The zero-order valence-corrected chi connectivity index (χ0v) is 18.5. The molecular weight excluding hydrogens is 420 g/mol. The number of hydrogen-bond donors (Lipinski definition) is 2. The van der Waals surface area contributed by atoms with Gasteiger partial charge in [-0.25, -0.2) is 8.42 Å². The first-order chi connectivity index (χ1) is 14.7. The maximum absolute atomic E-state index is 13.3. The topological polar surface area (TPSA) is 118 Å². The van der Waals surface area contributed by atoms with Crippen LogP contribution in [-0.4, -0.2) is 55.4 Å². The largest absolute Gasteiger partial charge is 0.359 e. The summed E-state index contributed by atoms with van der Waals surface area (Å²) in [6.07, 6.45) is 2.31. The number of rotatable bonds is 6. The second-order valence-corrected chi connectivity index (χ2v) is 9.25. The van der Waals surface area contributed by atoms with Crippen molar-refractivity contribution in [2.45, 2.75) is 38.4 Å². The summed E-state index contributed by atoms with van der Waals surface area (Å²) < 4.78 is 33.3. The molecule has 1 fully saturated rings. The third-order valence-electron chi connectivity index (χ3n) is 4.93. The molecule has 10 heteroatoms. The number of nitrogens with zero attached hydrogens (tertiary/aromatic N) is 2. The van der Waals surface area contributed by atoms with Crippen molar-refractivity contribution in [2.75, 3.05) is 19.7 Å². The van der Waals surface area contributed by atoms with Gasteiger partial charge < -0.3 is 15.4 Å². The molecule has 2 amide bonds. The highest BCUT2D eigenvalue weighted by Crippen LogP contribution is 2.28. The quantitative estimate of drug-likeness (QED) is 0.634. The van der Waals surface area contributed by atoms with Gasteiger partial charge in [-0.05, 0) is 43.5 Å². The number of aromatic nitrogens is 1. The van der Waals surface area contributed by atoms with E-state index in [0.717, 1.165) is 11.1 Å². The van der Waals surface area contributed by atoms with Crippen LogP contribution in [0.3, 0.4) is 0 Å². The highest BCUT2D eigenvalue weighted by atomic mass is 32.2. The van der Waals surface area contributed by atoms with Gasteiger partial charge in [-0.2, -0.15) is 4.31 Å². The van der Waals surface area contributed by atoms with Crippen molar-refractivity contribution < 1.29 is 22.7 Å². The standard InChI is InChI=1S/C21H26N4O5S/c1-14-9-15(2)19(16(3)10-14)31(28,29)25-7-8-30-18(25)13-24-21(27)20(26)23-12-17-5-4-6-22-11-17/h4-6,9-11,18H,7-8,12-13H2,1-3H3,(H,23,26)(H,24,27)/t18-/m0/s1. The van der Waals surface area contributed by atoms with Crippen LogP contribution >= 0.6 is 0 Å². The van der Waals surface area contributed by atoms with Crippen LogP contribution in [-0.2, 0) is 30.9 Å². The van der Waals surface area contributed by atoms with Gasteiger partial charge in [0.1, 0.15) is 6.23 Å². The molecule has 2 aromatic rings. The molecule has 0 radical (unpaired) electrons. The number of aryl methyl sites for hydroxylation is 3. The van der Waals surface area contributed by atoms with Gasteiger partial charge in [0.05, 0.1) is 18.0 Å². The minimum atomic E-state index is -3.83. The highest BCUT2D eigenvalue weighted by Gasteiger charge is 2.38. The lowest BCUT2D eigenvalue weighted by Gasteiger charge is -2.24. The number of benzene rings is 1. The first-order valence-corrected chi connectivity index (χ1v) is 11.3.